The van der Waals surface area contributed by atoms with Crippen LogP contribution in [0.25, 0.3) is 0 Å². The van der Waals surface area contributed by atoms with Crippen molar-refractivity contribution in [1.29, 1.82) is 0 Å². The fourth-order valence-corrected chi connectivity index (χ4v) is 3.14. The minimum atomic E-state index is -0.496. The van der Waals surface area contributed by atoms with E-state index in [0.29, 0.717) is 6.42 Å². The van der Waals surface area contributed by atoms with Crippen molar-refractivity contribution in [3.05, 3.63) is 63.7 Å². The van der Waals surface area contributed by atoms with Crippen LogP contribution in [-0.2, 0) is 4.79 Å². The van der Waals surface area contributed by atoms with Gasteiger partial charge in [-0.05, 0) is 87.4 Å². The molecule has 0 aliphatic heterocycles. The first-order valence-electron chi connectivity index (χ1n) is 9.35. The van der Waals surface area contributed by atoms with Crippen molar-refractivity contribution in [3.63, 3.8) is 0 Å². The van der Waals surface area contributed by atoms with E-state index in [1.54, 1.807) is 0 Å². The molecule has 0 bridgehead atoms. The molecule has 0 aliphatic rings. The maximum atomic E-state index is 12.8. The first kappa shape index (κ1) is 20.0. The van der Waals surface area contributed by atoms with Crippen LogP contribution in [0.2, 0.25) is 0 Å². The number of ether oxygens (including phenoxy) is 1. The van der Waals surface area contributed by atoms with Crippen molar-refractivity contribution in [3.8, 4) is 5.75 Å². The number of carbonyl (C=O) groups excluding carboxylic acids is 1. The van der Waals surface area contributed by atoms with Gasteiger partial charge < -0.3 is 10.1 Å². The Morgan fingerprint density at radius 3 is 2.27 bits per heavy atom. The topological polar surface area (TPSA) is 38.3 Å². The molecule has 26 heavy (non-hydrogen) atoms. The lowest BCUT2D eigenvalue weighted by molar-refractivity contribution is -0.128. The van der Waals surface area contributed by atoms with E-state index in [-0.39, 0.29) is 11.9 Å². The number of hydrogen-bond donors (Lipinski definition) is 1. The highest BCUT2D eigenvalue weighted by atomic mass is 16.5. The van der Waals surface area contributed by atoms with Gasteiger partial charge in [0, 0.05) is 0 Å². The molecule has 0 unspecified atom stereocenters. The number of carbonyl (C=O) groups is 1. The zero-order chi connectivity index (χ0) is 19.4. The second-order valence-corrected chi connectivity index (χ2v) is 7.31. The summed E-state index contributed by atoms with van der Waals surface area (Å²) in [6.45, 7) is 14.3. The second kappa shape index (κ2) is 8.39. The Morgan fingerprint density at radius 1 is 0.962 bits per heavy atom. The molecule has 0 heterocycles. The van der Waals surface area contributed by atoms with Gasteiger partial charge in [0.1, 0.15) is 5.75 Å². The summed E-state index contributed by atoms with van der Waals surface area (Å²) < 4.78 is 6.03. The highest BCUT2D eigenvalue weighted by Gasteiger charge is 2.22. The molecule has 2 atom stereocenters. The average Bonchev–Trinajstić information content (AvgIpc) is 2.58. The van der Waals surface area contributed by atoms with Crippen molar-refractivity contribution < 1.29 is 9.53 Å². The first-order chi connectivity index (χ1) is 12.2. The maximum absolute atomic E-state index is 12.8. The summed E-state index contributed by atoms with van der Waals surface area (Å²) in [5.74, 6) is 0.709. The molecule has 3 heteroatoms. The van der Waals surface area contributed by atoms with Gasteiger partial charge in [-0.25, -0.2) is 0 Å². The molecule has 2 aromatic rings. The summed E-state index contributed by atoms with van der Waals surface area (Å²) in [6.07, 6.45) is 0.127. The lowest BCUT2D eigenvalue weighted by Crippen LogP contribution is -2.39. The third-order valence-corrected chi connectivity index (χ3v) is 4.98. The number of rotatable bonds is 6. The zero-order valence-electron chi connectivity index (χ0n) is 17.1. The number of nitrogens with one attached hydrogen (secondary N) is 1. The number of aryl methyl sites for hydroxylation is 5. The van der Waals surface area contributed by atoms with E-state index in [1.165, 1.54) is 16.7 Å². The van der Waals surface area contributed by atoms with Gasteiger partial charge in [0.05, 0.1) is 6.04 Å². The molecule has 1 N–H and O–H groups in total. The molecule has 0 saturated heterocycles. The van der Waals surface area contributed by atoms with Crippen LogP contribution in [0.4, 0.5) is 0 Å². The van der Waals surface area contributed by atoms with Crippen LogP contribution in [0.5, 0.6) is 5.75 Å². The van der Waals surface area contributed by atoms with Gasteiger partial charge in [-0.3, -0.25) is 4.79 Å². The summed E-state index contributed by atoms with van der Waals surface area (Å²) in [7, 11) is 0. The monoisotopic (exact) mass is 353 g/mol. The highest BCUT2D eigenvalue weighted by Crippen LogP contribution is 2.24. The Hall–Kier alpha value is -2.29. The van der Waals surface area contributed by atoms with Gasteiger partial charge >= 0.3 is 0 Å². The van der Waals surface area contributed by atoms with Crippen LogP contribution in [-0.4, -0.2) is 12.0 Å². The van der Waals surface area contributed by atoms with Crippen LogP contribution in [0.1, 0.15) is 59.7 Å². The average molecular weight is 354 g/mol. The van der Waals surface area contributed by atoms with E-state index >= 15 is 0 Å². The number of amides is 1. The molecule has 140 valence electrons. The smallest absolute Gasteiger partial charge is 0.261 e. The van der Waals surface area contributed by atoms with Crippen LogP contribution >= 0.6 is 0 Å². The van der Waals surface area contributed by atoms with Crippen molar-refractivity contribution in [2.24, 2.45) is 0 Å². The molecule has 3 nitrogen and oxygen atoms in total. The molecule has 0 aromatic heterocycles. The first-order valence-corrected chi connectivity index (χ1v) is 9.35. The Balaban J connectivity index is 2.13. The molecule has 0 spiro atoms. The predicted octanol–water partition coefficient (Wildman–Crippen LogP) is 5.26. The van der Waals surface area contributed by atoms with Crippen molar-refractivity contribution in [2.75, 3.05) is 0 Å². The summed E-state index contributed by atoms with van der Waals surface area (Å²) in [6, 6.07) is 10.4. The van der Waals surface area contributed by atoms with Gasteiger partial charge in [-0.15, -0.1) is 0 Å². The lowest BCUT2D eigenvalue weighted by atomic mass is 9.96. The van der Waals surface area contributed by atoms with Crippen molar-refractivity contribution >= 4 is 5.91 Å². The van der Waals surface area contributed by atoms with Gasteiger partial charge in [-0.2, -0.15) is 0 Å². The normalized spacial score (nSPS) is 13.2. The second-order valence-electron chi connectivity index (χ2n) is 7.31. The van der Waals surface area contributed by atoms with E-state index in [1.807, 2.05) is 45.9 Å². The largest absolute Gasteiger partial charge is 0.480 e. The van der Waals surface area contributed by atoms with E-state index in [2.05, 4.69) is 38.2 Å². The van der Waals surface area contributed by atoms with Crippen LogP contribution in [0.3, 0.4) is 0 Å². The Morgan fingerprint density at radius 2 is 1.62 bits per heavy atom. The fraction of sp³-hybridized carbons (Fsp3) is 0.435. The minimum Gasteiger partial charge on any atom is -0.480 e. The Labute approximate surface area is 157 Å². The fourth-order valence-electron chi connectivity index (χ4n) is 3.14. The quantitative estimate of drug-likeness (QED) is 0.769. The van der Waals surface area contributed by atoms with E-state index in [9.17, 15) is 4.79 Å². The molecular formula is C23H31NO2. The Bertz CT molecular complexity index is 795. The third-order valence-electron chi connectivity index (χ3n) is 4.98. The van der Waals surface area contributed by atoms with Gasteiger partial charge in [-0.1, -0.05) is 31.2 Å². The summed E-state index contributed by atoms with van der Waals surface area (Å²) in [5.41, 5.74) is 7.03. The highest BCUT2D eigenvalue weighted by molar-refractivity contribution is 5.81. The Kier molecular flexibility index (Phi) is 6.47. The minimum absolute atomic E-state index is 0.0574. The lowest BCUT2D eigenvalue weighted by Gasteiger charge is -2.23. The number of benzene rings is 2. The molecule has 1 amide bonds. The van der Waals surface area contributed by atoms with Crippen LogP contribution in [0.15, 0.2) is 30.3 Å². The summed E-state index contributed by atoms with van der Waals surface area (Å²) in [4.78, 5) is 12.8. The van der Waals surface area contributed by atoms with Gasteiger partial charge in [0.15, 0.2) is 6.10 Å². The summed E-state index contributed by atoms with van der Waals surface area (Å²) >= 11 is 0. The zero-order valence-corrected chi connectivity index (χ0v) is 17.1. The molecular weight excluding hydrogens is 322 g/mol. The predicted molar refractivity (Wildman–Crippen MR) is 108 cm³/mol. The van der Waals surface area contributed by atoms with Crippen molar-refractivity contribution in [2.45, 2.75) is 67.0 Å². The van der Waals surface area contributed by atoms with E-state index in [4.69, 9.17) is 4.74 Å². The SMILES string of the molecule is CC[C@@H](Oc1cc(C)ccc1C)C(=O)N[C@@H](C)c1cc(C)c(C)cc1C. The molecule has 0 radical (unpaired) electrons. The van der Waals surface area contributed by atoms with E-state index < -0.39 is 6.10 Å². The molecule has 2 rings (SSSR count). The molecule has 0 aliphatic carbocycles. The van der Waals surface area contributed by atoms with E-state index in [0.717, 1.165) is 22.4 Å². The summed E-state index contributed by atoms with van der Waals surface area (Å²) in [5, 5.41) is 3.13. The van der Waals surface area contributed by atoms with Crippen LogP contribution in [0, 0.1) is 34.6 Å². The molecule has 0 fully saturated rings. The van der Waals surface area contributed by atoms with Gasteiger partial charge in [0.25, 0.3) is 5.91 Å². The standard InChI is InChI=1S/C23H31NO2/c1-8-21(26-22-11-14(2)9-10-15(22)3)23(25)24-19(7)20-13-17(5)16(4)12-18(20)6/h9-13,19,21H,8H2,1-7H3,(H,24,25)/t19-,21+/m0/s1. The van der Waals surface area contributed by atoms with Crippen LogP contribution < -0.4 is 10.1 Å². The van der Waals surface area contributed by atoms with Crippen molar-refractivity contribution in [1.82, 2.24) is 5.32 Å². The molecule has 2 aromatic carbocycles. The third kappa shape index (κ3) is 4.66. The molecule has 0 saturated carbocycles. The maximum Gasteiger partial charge on any atom is 0.261 e. The number of hydrogen-bond acceptors (Lipinski definition) is 2. The van der Waals surface area contributed by atoms with Gasteiger partial charge in [0.2, 0.25) is 0 Å².